The van der Waals surface area contributed by atoms with E-state index in [9.17, 15) is 12.8 Å². The summed E-state index contributed by atoms with van der Waals surface area (Å²) in [6, 6.07) is 15.2. The van der Waals surface area contributed by atoms with Crippen LogP contribution in [0.2, 0.25) is 0 Å². The maximum Gasteiger partial charge on any atom is 0.240 e. The van der Waals surface area contributed by atoms with E-state index in [0.717, 1.165) is 38.3 Å². The van der Waals surface area contributed by atoms with Gasteiger partial charge in [-0.3, -0.25) is 4.90 Å². The molecule has 7 heteroatoms. The molecule has 0 bridgehead atoms. The van der Waals surface area contributed by atoms with Gasteiger partial charge in [-0.25, -0.2) is 17.5 Å². The summed E-state index contributed by atoms with van der Waals surface area (Å²) in [6.45, 7) is 5.94. The number of sulfonamides is 1. The fourth-order valence-corrected chi connectivity index (χ4v) is 4.24. The highest BCUT2D eigenvalue weighted by molar-refractivity contribution is 7.89. The lowest BCUT2D eigenvalue weighted by Crippen LogP contribution is -2.52. The standard InChI is InChI=1S/C19H24FN3O2S/c1-16(15-21-26(24,25)19-9-7-17(20)8-10-19)22-11-13-23(14-12-22)18-5-3-2-4-6-18/h2-10,16,21H,11-15H2,1H3/t16-/m1/s1. The fourth-order valence-electron chi connectivity index (χ4n) is 3.12. The van der Waals surface area contributed by atoms with Crippen molar-refractivity contribution in [1.82, 2.24) is 9.62 Å². The third kappa shape index (κ3) is 4.60. The Morgan fingerprint density at radius 3 is 2.23 bits per heavy atom. The van der Waals surface area contributed by atoms with Gasteiger partial charge in [-0.15, -0.1) is 0 Å². The Labute approximate surface area is 154 Å². The van der Waals surface area contributed by atoms with Crippen molar-refractivity contribution in [1.29, 1.82) is 0 Å². The Bertz CT molecular complexity index is 804. The van der Waals surface area contributed by atoms with Gasteiger partial charge in [-0.1, -0.05) is 18.2 Å². The van der Waals surface area contributed by atoms with Crippen molar-refractivity contribution in [2.75, 3.05) is 37.6 Å². The van der Waals surface area contributed by atoms with Gasteiger partial charge in [0.1, 0.15) is 5.82 Å². The molecule has 0 aromatic heterocycles. The maximum atomic E-state index is 13.0. The smallest absolute Gasteiger partial charge is 0.240 e. The van der Waals surface area contributed by atoms with E-state index in [2.05, 4.69) is 26.7 Å². The number of nitrogens with zero attached hydrogens (tertiary/aromatic N) is 2. The predicted molar refractivity (Wildman–Crippen MR) is 101 cm³/mol. The van der Waals surface area contributed by atoms with E-state index in [1.165, 1.54) is 17.8 Å². The molecule has 1 N–H and O–H groups in total. The number of hydrogen-bond donors (Lipinski definition) is 1. The molecule has 1 atom stereocenters. The maximum absolute atomic E-state index is 13.0. The summed E-state index contributed by atoms with van der Waals surface area (Å²) in [5, 5.41) is 0. The molecule has 0 spiro atoms. The molecule has 0 radical (unpaired) electrons. The van der Waals surface area contributed by atoms with Crippen molar-refractivity contribution >= 4 is 15.7 Å². The summed E-state index contributed by atoms with van der Waals surface area (Å²) in [5.74, 6) is -0.450. The Balaban J connectivity index is 1.51. The Hall–Kier alpha value is -1.96. The van der Waals surface area contributed by atoms with Gasteiger partial charge in [-0.05, 0) is 43.3 Å². The van der Waals surface area contributed by atoms with Crippen LogP contribution in [0.15, 0.2) is 59.5 Å². The van der Waals surface area contributed by atoms with Crippen molar-refractivity contribution in [3.05, 3.63) is 60.4 Å². The van der Waals surface area contributed by atoms with E-state index >= 15 is 0 Å². The van der Waals surface area contributed by atoms with Crippen molar-refractivity contribution < 1.29 is 12.8 Å². The second-order valence-electron chi connectivity index (χ2n) is 6.51. The third-order valence-corrected chi connectivity index (χ3v) is 6.19. The van der Waals surface area contributed by atoms with Crippen molar-refractivity contribution in [3.63, 3.8) is 0 Å². The minimum atomic E-state index is -3.62. The lowest BCUT2D eigenvalue weighted by atomic mass is 10.2. The third-order valence-electron chi connectivity index (χ3n) is 4.75. The van der Waals surface area contributed by atoms with E-state index in [1.807, 2.05) is 25.1 Å². The second kappa shape index (κ2) is 8.16. The van der Waals surface area contributed by atoms with E-state index < -0.39 is 15.8 Å². The van der Waals surface area contributed by atoms with E-state index in [0.29, 0.717) is 6.54 Å². The number of piperazine rings is 1. The average Bonchev–Trinajstić information content (AvgIpc) is 2.67. The topological polar surface area (TPSA) is 52.7 Å². The minimum absolute atomic E-state index is 0.0833. The van der Waals surface area contributed by atoms with E-state index in [-0.39, 0.29) is 10.9 Å². The van der Waals surface area contributed by atoms with Gasteiger partial charge in [0.2, 0.25) is 10.0 Å². The first-order valence-electron chi connectivity index (χ1n) is 8.75. The van der Waals surface area contributed by atoms with Crippen molar-refractivity contribution in [2.24, 2.45) is 0 Å². The predicted octanol–water partition coefficient (Wildman–Crippen LogP) is 2.31. The first-order valence-corrected chi connectivity index (χ1v) is 10.2. The molecular weight excluding hydrogens is 353 g/mol. The Kier molecular flexibility index (Phi) is 5.90. The van der Waals surface area contributed by atoms with Gasteiger partial charge >= 0.3 is 0 Å². The molecule has 0 saturated carbocycles. The molecule has 1 saturated heterocycles. The molecule has 2 aromatic rings. The zero-order valence-corrected chi connectivity index (χ0v) is 15.6. The average molecular weight is 377 g/mol. The number of hydrogen-bond acceptors (Lipinski definition) is 4. The van der Waals surface area contributed by atoms with Crippen LogP contribution < -0.4 is 9.62 Å². The van der Waals surface area contributed by atoms with Gasteiger partial charge in [-0.2, -0.15) is 0 Å². The van der Waals surface area contributed by atoms with Gasteiger partial charge in [0.25, 0.3) is 0 Å². The lowest BCUT2D eigenvalue weighted by Gasteiger charge is -2.39. The molecule has 0 aliphatic carbocycles. The van der Waals surface area contributed by atoms with Crippen LogP contribution in [0.4, 0.5) is 10.1 Å². The normalized spacial score (nSPS) is 17.2. The Morgan fingerprint density at radius 2 is 1.62 bits per heavy atom. The zero-order valence-electron chi connectivity index (χ0n) is 14.8. The molecule has 0 amide bonds. The lowest BCUT2D eigenvalue weighted by molar-refractivity contribution is 0.198. The number of anilines is 1. The van der Waals surface area contributed by atoms with Crippen LogP contribution in [-0.4, -0.2) is 52.1 Å². The summed E-state index contributed by atoms with van der Waals surface area (Å²) < 4.78 is 40.2. The first-order chi connectivity index (χ1) is 12.5. The zero-order chi connectivity index (χ0) is 18.6. The van der Waals surface area contributed by atoms with Crippen LogP contribution >= 0.6 is 0 Å². The quantitative estimate of drug-likeness (QED) is 0.839. The molecule has 5 nitrogen and oxygen atoms in total. The highest BCUT2D eigenvalue weighted by atomic mass is 32.2. The molecule has 1 aliphatic heterocycles. The van der Waals surface area contributed by atoms with Crippen molar-refractivity contribution in [2.45, 2.75) is 17.9 Å². The summed E-state index contributed by atoms with van der Waals surface area (Å²) in [6.07, 6.45) is 0. The largest absolute Gasteiger partial charge is 0.369 e. The summed E-state index contributed by atoms with van der Waals surface area (Å²) in [4.78, 5) is 4.71. The van der Waals surface area contributed by atoms with Crippen LogP contribution in [-0.2, 0) is 10.0 Å². The Morgan fingerprint density at radius 1 is 1.00 bits per heavy atom. The number of benzene rings is 2. The summed E-state index contributed by atoms with van der Waals surface area (Å²) >= 11 is 0. The molecule has 1 heterocycles. The van der Waals surface area contributed by atoms with Crippen LogP contribution in [0.1, 0.15) is 6.92 Å². The summed E-state index contributed by atoms with van der Waals surface area (Å²) in [5.41, 5.74) is 1.22. The van der Waals surface area contributed by atoms with Crippen LogP contribution in [0.25, 0.3) is 0 Å². The number of rotatable bonds is 6. The number of nitrogens with one attached hydrogen (secondary N) is 1. The molecule has 140 valence electrons. The van der Waals surface area contributed by atoms with Crippen molar-refractivity contribution in [3.8, 4) is 0 Å². The van der Waals surface area contributed by atoms with Crippen LogP contribution in [0, 0.1) is 5.82 Å². The molecular formula is C19H24FN3O2S. The molecule has 26 heavy (non-hydrogen) atoms. The van der Waals surface area contributed by atoms with Crippen LogP contribution in [0.5, 0.6) is 0 Å². The highest BCUT2D eigenvalue weighted by Gasteiger charge is 2.23. The molecule has 3 rings (SSSR count). The van der Waals surface area contributed by atoms with Gasteiger partial charge in [0, 0.05) is 44.5 Å². The van der Waals surface area contributed by atoms with Gasteiger partial charge < -0.3 is 4.90 Å². The highest BCUT2D eigenvalue weighted by Crippen LogP contribution is 2.17. The molecule has 1 fully saturated rings. The van der Waals surface area contributed by atoms with E-state index in [1.54, 1.807) is 0 Å². The molecule has 2 aromatic carbocycles. The van der Waals surface area contributed by atoms with Gasteiger partial charge in [0.15, 0.2) is 0 Å². The first kappa shape index (κ1) is 18.8. The SMILES string of the molecule is C[C@H](CNS(=O)(=O)c1ccc(F)cc1)N1CCN(c2ccccc2)CC1. The van der Waals surface area contributed by atoms with E-state index in [4.69, 9.17) is 0 Å². The second-order valence-corrected chi connectivity index (χ2v) is 8.28. The monoisotopic (exact) mass is 377 g/mol. The molecule has 1 aliphatic rings. The number of para-hydroxylation sites is 1. The fraction of sp³-hybridized carbons (Fsp3) is 0.368. The van der Waals surface area contributed by atoms with Crippen LogP contribution in [0.3, 0.4) is 0 Å². The molecule has 0 unspecified atom stereocenters. The van der Waals surface area contributed by atoms with Gasteiger partial charge in [0.05, 0.1) is 4.90 Å². The minimum Gasteiger partial charge on any atom is -0.369 e. The summed E-state index contributed by atoms with van der Waals surface area (Å²) in [7, 11) is -3.62. The number of halogens is 1.